The van der Waals surface area contributed by atoms with Crippen LogP contribution in [0, 0.1) is 0 Å². The van der Waals surface area contributed by atoms with E-state index in [2.05, 4.69) is 10.3 Å². The van der Waals surface area contributed by atoms with Crippen LogP contribution in [0.4, 0.5) is 13.2 Å². The first-order valence-electron chi connectivity index (χ1n) is 5.09. The van der Waals surface area contributed by atoms with Gasteiger partial charge in [0.1, 0.15) is 0 Å². The Labute approximate surface area is 100 Å². The molecule has 1 N–H and O–H groups in total. The Bertz CT molecular complexity index is 428. The van der Waals surface area contributed by atoms with Gasteiger partial charge in [-0.25, -0.2) is 9.48 Å². The number of halogens is 3. The molecule has 0 atom stereocenters. The number of nitrogens with zero attached hydrogens (tertiary/aromatic N) is 3. The topological polar surface area (TPSA) is 77.2 Å². The van der Waals surface area contributed by atoms with Gasteiger partial charge in [0, 0.05) is 0 Å². The van der Waals surface area contributed by atoms with E-state index in [1.54, 1.807) is 13.8 Å². The van der Waals surface area contributed by atoms with E-state index in [0.717, 1.165) is 0 Å². The van der Waals surface area contributed by atoms with E-state index in [0.29, 0.717) is 4.68 Å². The summed E-state index contributed by atoms with van der Waals surface area (Å²) < 4.78 is 43.6. The molecule has 0 aliphatic heterocycles. The molecule has 0 aliphatic carbocycles. The molecule has 0 aliphatic rings. The zero-order valence-corrected chi connectivity index (χ0v) is 9.73. The van der Waals surface area contributed by atoms with Crippen molar-refractivity contribution in [3.05, 3.63) is 11.4 Å². The van der Waals surface area contributed by atoms with Crippen LogP contribution in [0.15, 0.2) is 0 Å². The fraction of sp³-hybridized carbons (Fsp3) is 0.667. The van der Waals surface area contributed by atoms with Gasteiger partial charge in [0.2, 0.25) is 5.69 Å². The molecule has 0 aromatic carbocycles. The van der Waals surface area contributed by atoms with Crippen LogP contribution in [-0.4, -0.2) is 38.8 Å². The van der Waals surface area contributed by atoms with Gasteiger partial charge in [0.15, 0.2) is 5.69 Å². The lowest BCUT2D eigenvalue weighted by Crippen LogP contribution is -2.20. The number of rotatable bonds is 5. The molecule has 0 fully saturated rings. The maximum absolute atomic E-state index is 12.7. The standard InChI is InChI=1S/C9H12F3N3O3/c1-5(2)18-4-3-15-7(9(10,11)12)6(8(16)17)13-14-15/h5H,3-4H2,1-2H3,(H,16,17). The van der Waals surface area contributed by atoms with Crippen molar-refractivity contribution in [3.63, 3.8) is 0 Å². The second kappa shape index (κ2) is 5.34. The van der Waals surface area contributed by atoms with E-state index >= 15 is 0 Å². The average Bonchev–Trinajstić information content (AvgIpc) is 2.60. The van der Waals surface area contributed by atoms with Crippen molar-refractivity contribution in [2.75, 3.05) is 6.61 Å². The third kappa shape index (κ3) is 3.42. The summed E-state index contributed by atoms with van der Waals surface area (Å²) in [5, 5.41) is 14.8. The molecule has 6 nitrogen and oxygen atoms in total. The van der Waals surface area contributed by atoms with Crippen molar-refractivity contribution in [1.82, 2.24) is 15.0 Å². The van der Waals surface area contributed by atoms with Crippen LogP contribution in [0.5, 0.6) is 0 Å². The van der Waals surface area contributed by atoms with Crippen LogP contribution in [0.3, 0.4) is 0 Å². The Hall–Kier alpha value is -1.64. The number of carboxylic acids is 1. The summed E-state index contributed by atoms with van der Waals surface area (Å²) in [7, 11) is 0. The largest absolute Gasteiger partial charge is 0.476 e. The SMILES string of the molecule is CC(C)OCCn1nnc(C(=O)O)c1C(F)(F)F. The molecule has 1 aromatic rings. The van der Waals surface area contributed by atoms with Crippen molar-refractivity contribution in [3.8, 4) is 0 Å². The summed E-state index contributed by atoms with van der Waals surface area (Å²) >= 11 is 0. The lowest BCUT2D eigenvalue weighted by Gasteiger charge is -2.11. The number of hydrogen-bond acceptors (Lipinski definition) is 4. The molecule has 1 heterocycles. The first-order chi connectivity index (χ1) is 8.23. The molecule has 0 bridgehead atoms. The normalized spacial score (nSPS) is 12.1. The predicted octanol–water partition coefficient (Wildman–Crippen LogP) is 1.42. The lowest BCUT2D eigenvalue weighted by atomic mass is 10.3. The maximum Gasteiger partial charge on any atom is 0.435 e. The highest BCUT2D eigenvalue weighted by molar-refractivity contribution is 5.86. The van der Waals surface area contributed by atoms with Crippen molar-refractivity contribution in [1.29, 1.82) is 0 Å². The molecule has 1 aromatic heterocycles. The van der Waals surface area contributed by atoms with Gasteiger partial charge in [-0.2, -0.15) is 13.2 Å². The monoisotopic (exact) mass is 267 g/mol. The Kier molecular flexibility index (Phi) is 4.28. The van der Waals surface area contributed by atoms with Gasteiger partial charge in [-0.15, -0.1) is 5.10 Å². The Balaban J connectivity index is 2.95. The smallest absolute Gasteiger partial charge is 0.435 e. The van der Waals surface area contributed by atoms with Crippen LogP contribution in [-0.2, 0) is 17.5 Å². The van der Waals surface area contributed by atoms with Gasteiger partial charge in [-0.05, 0) is 13.8 Å². The molecule has 0 saturated carbocycles. The zero-order valence-electron chi connectivity index (χ0n) is 9.73. The molecule has 1 rings (SSSR count). The zero-order chi connectivity index (χ0) is 13.9. The number of carboxylic acid groups (broad SMARTS) is 1. The summed E-state index contributed by atoms with van der Waals surface area (Å²) in [5.41, 5.74) is -2.48. The number of ether oxygens (including phenoxy) is 1. The third-order valence-electron chi connectivity index (χ3n) is 1.96. The van der Waals surface area contributed by atoms with Crippen molar-refractivity contribution in [2.45, 2.75) is 32.7 Å². The Morgan fingerprint density at radius 1 is 1.50 bits per heavy atom. The number of carbonyl (C=O) groups is 1. The van der Waals surface area contributed by atoms with Crippen molar-refractivity contribution >= 4 is 5.97 Å². The highest BCUT2D eigenvalue weighted by Crippen LogP contribution is 2.31. The Morgan fingerprint density at radius 2 is 2.11 bits per heavy atom. The first kappa shape index (κ1) is 14.4. The van der Waals surface area contributed by atoms with E-state index in [1.165, 1.54) is 0 Å². The van der Waals surface area contributed by atoms with Crippen LogP contribution in [0.2, 0.25) is 0 Å². The van der Waals surface area contributed by atoms with Crippen LogP contribution in [0.25, 0.3) is 0 Å². The van der Waals surface area contributed by atoms with E-state index in [1.807, 2.05) is 0 Å². The van der Waals surface area contributed by atoms with Gasteiger partial charge >= 0.3 is 12.1 Å². The Morgan fingerprint density at radius 3 is 2.56 bits per heavy atom. The predicted molar refractivity (Wildman–Crippen MR) is 53.1 cm³/mol. The summed E-state index contributed by atoms with van der Waals surface area (Å²) in [6.07, 6.45) is -4.96. The molecular formula is C9H12F3N3O3. The molecule has 102 valence electrons. The van der Waals surface area contributed by atoms with Gasteiger partial charge in [0.25, 0.3) is 0 Å². The second-order valence-electron chi connectivity index (χ2n) is 3.73. The van der Waals surface area contributed by atoms with Gasteiger partial charge in [-0.1, -0.05) is 5.21 Å². The van der Waals surface area contributed by atoms with Crippen molar-refractivity contribution < 1.29 is 27.8 Å². The van der Waals surface area contributed by atoms with Crippen molar-refractivity contribution in [2.24, 2.45) is 0 Å². The van der Waals surface area contributed by atoms with E-state index in [9.17, 15) is 18.0 Å². The molecule has 9 heteroatoms. The van der Waals surface area contributed by atoms with Crippen LogP contribution < -0.4 is 0 Å². The molecule has 0 saturated heterocycles. The van der Waals surface area contributed by atoms with E-state index in [4.69, 9.17) is 9.84 Å². The fourth-order valence-electron chi connectivity index (χ4n) is 1.27. The number of aromatic nitrogens is 3. The quantitative estimate of drug-likeness (QED) is 0.873. The molecule has 0 spiro atoms. The van der Waals surface area contributed by atoms with E-state index in [-0.39, 0.29) is 19.3 Å². The minimum atomic E-state index is -4.82. The lowest BCUT2D eigenvalue weighted by molar-refractivity contribution is -0.145. The third-order valence-corrected chi connectivity index (χ3v) is 1.96. The average molecular weight is 267 g/mol. The maximum atomic E-state index is 12.7. The number of hydrogen-bond donors (Lipinski definition) is 1. The second-order valence-corrected chi connectivity index (χ2v) is 3.73. The molecule has 0 radical (unpaired) electrons. The highest BCUT2D eigenvalue weighted by atomic mass is 19.4. The summed E-state index contributed by atoms with van der Waals surface area (Å²) in [4.78, 5) is 10.6. The molecule has 18 heavy (non-hydrogen) atoms. The van der Waals surface area contributed by atoms with Gasteiger partial charge in [-0.3, -0.25) is 0 Å². The van der Waals surface area contributed by atoms with E-state index < -0.39 is 23.5 Å². The van der Waals surface area contributed by atoms with Gasteiger partial charge in [0.05, 0.1) is 19.3 Å². The minimum Gasteiger partial charge on any atom is -0.476 e. The van der Waals surface area contributed by atoms with Gasteiger partial charge < -0.3 is 9.84 Å². The summed E-state index contributed by atoms with van der Waals surface area (Å²) in [5.74, 6) is -1.77. The number of aromatic carboxylic acids is 1. The fourth-order valence-corrected chi connectivity index (χ4v) is 1.27. The highest BCUT2D eigenvalue weighted by Gasteiger charge is 2.41. The minimum absolute atomic E-state index is 0.0107. The van der Waals surface area contributed by atoms with Crippen LogP contribution >= 0.6 is 0 Å². The molecule has 0 amide bonds. The van der Waals surface area contributed by atoms with Crippen LogP contribution in [0.1, 0.15) is 30.0 Å². The molecule has 0 unspecified atom stereocenters. The first-order valence-corrected chi connectivity index (χ1v) is 5.09. The number of alkyl halides is 3. The summed E-state index contributed by atoms with van der Waals surface area (Å²) in [6, 6.07) is 0. The molecular weight excluding hydrogens is 255 g/mol. The summed E-state index contributed by atoms with van der Waals surface area (Å²) in [6.45, 7) is 3.24.